The number of carbonyl (C=O) groups is 1. The van der Waals surface area contributed by atoms with Crippen molar-refractivity contribution in [1.29, 1.82) is 5.26 Å². The predicted octanol–water partition coefficient (Wildman–Crippen LogP) is 4.04. The predicted molar refractivity (Wildman–Crippen MR) is 99.6 cm³/mol. The number of aromatic nitrogens is 2. The minimum atomic E-state index is -0.421. The van der Waals surface area contributed by atoms with Gasteiger partial charge in [-0.3, -0.25) is 4.79 Å². The Kier molecular flexibility index (Phi) is 5.34. The van der Waals surface area contributed by atoms with E-state index in [0.29, 0.717) is 22.4 Å². The van der Waals surface area contributed by atoms with Gasteiger partial charge in [-0.1, -0.05) is 30.0 Å². The van der Waals surface area contributed by atoms with E-state index in [1.54, 1.807) is 31.2 Å². The van der Waals surface area contributed by atoms with E-state index in [4.69, 9.17) is 9.68 Å². The smallest absolute Gasteiger partial charge is 0.277 e. The van der Waals surface area contributed by atoms with E-state index in [-0.39, 0.29) is 5.91 Å². The number of rotatable bonds is 5. The molecular formula is C19H16N4O2S. The average molecular weight is 364 g/mol. The Balaban J connectivity index is 1.64. The van der Waals surface area contributed by atoms with Gasteiger partial charge in [-0.25, -0.2) is 0 Å². The molecule has 6 nitrogen and oxygen atoms in total. The van der Waals surface area contributed by atoms with Crippen LogP contribution in [-0.4, -0.2) is 21.4 Å². The zero-order valence-corrected chi connectivity index (χ0v) is 15.1. The fourth-order valence-electron chi connectivity index (χ4n) is 2.26. The molecule has 1 aromatic heterocycles. The highest BCUT2D eigenvalue weighted by molar-refractivity contribution is 8.00. The second kappa shape index (κ2) is 7.85. The molecule has 0 spiro atoms. The van der Waals surface area contributed by atoms with E-state index < -0.39 is 5.25 Å². The van der Waals surface area contributed by atoms with Crippen LogP contribution in [-0.2, 0) is 4.79 Å². The van der Waals surface area contributed by atoms with Crippen LogP contribution in [0.25, 0.3) is 11.5 Å². The molecule has 1 amide bonds. The molecule has 0 radical (unpaired) electrons. The van der Waals surface area contributed by atoms with Crippen LogP contribution in [0.1, 0.15) is 18.1 Å². The molecule has 0 aliphatic carbocycles. The summed E-state index contributed by atoms with van der Waals surface area (Å²) in [4.78, 5) is 12.3. The standard InChI is InChI=1S/C19H16N4O2S/c1-12-5-3-4-6-16(12)18-22-23-19(25-18)26-13(2)17(24)21-15-9-7-14(11-20)8-10-15/h3-10,13H,1-2H3,(H,21,24)/t13-/m1/s1. The van der Waals surface area contributed by atoms with E-state index in [2.05, 4.69) is 15.5 Å². The van der Waals surface area contributed by atoms with Crippen LogP contribution in [0.5, 0.6) is 0 Å². The molecule has 0 unspecified atom stereocenters. The van der Waals surface area contributed by atoms with Crippen molar-refractivity contribution in [3.8, 4) is 17.5 Å². The third kappa shape index (κ3) is 4.10. The Morgan fingerprint density at radius 2 is 1.92 bits per heavy atom. The Morgan fingerprint density at radius 3 is 2.62 bits per heavy atom. The highest BCUT2D eigenvalue weighted by atomic mass is 32.2. The largest absolute Gasteiger partial charge is 0.411 e. The summed E-state index contributed by atoms with van der Waals surface area (Å²) in [5.41, 5.74) is 3.09. The molecule has 0 fully saturated rings. The maximum absolute atomic E-state index is 12.3. The fraction of sp³-hybridized carbons (Fsp3) is 0.158. The molecule has 1 N–H and O–H groups in total. The first kappa shape index (κ1) is 17.7. The van der Waals surface area contributed by atoms with Crippen molar-refractivity contribution in [2.24, 2.45) is 0 Å². The number of carbonyl (C=O) groups excluding carboxylic acids is 1. The maximum Gasteiger partial charge on any atom is 0.277 e. The van der Waals surface area contributed by atoms with Gasteiger partial charge in [-0.05, 0) is 49.7 Å². The van der Waals surface area contributed by atoms with Crippen molar-refractivity contribution < 1.29 is 9.21 Å². The number of amides is 1. The number of nitrogens with one attached hydrogen (secondary N) is 1. The summed E-state index contributed by atoms with van der Waals surface area (Å²) in [5.74, 6) is 0.251. The summed E-state index contributed by atoms with van der Waals surface area (Å²) >= 11 is 1.20. The van der Waals surface area contributed by atoms with Crippen molar-refractivity contribution in [1.82, 2.24) is 10.2 Å². The van der Waals surface area contributed by atoms with Gasteiger partial charge >= 0.3 is 0 Å². The van der Waals surface area contributed by atoms with Gasteiger partial charge in [-0.15, -0.1) is 10.2 Å². The summed E-state index contributed by atoms with van der Waals surface area (Å²) in [6, 6.07) is 16.5. The highest BCUT2D eigenvalue weighted by Gasteiger charge is 2.19. The molecule has 3 rings (SSSR count). The van der Waals surface area contributed by atoms with Gasteiger partial charge in [0.1, 0.15) is 0 Å². The van der Waals surface area contributed by atoms with Gasteiger partial charge in [0, 0.05) is 11.3 Å². The van der Waals surface area contributed by atoms with Crippen molar-refractivity contribution in [3.63, 3.8) is 0 Å². The fourth-order valence-corrected chi connectivity index (χ4v) is 2.94. The summed E-state index contributed by atoms with van der Waals surface area (Å²) < 4.78 is 5.68. The van der Waals surface area contributed by atoms with Crippen LogP contribution in [0, 0.1) is 18.3 Å². The van der Waals surface area contributed by atoms with E-state index >= 15 is 0 Å². The molecule has 7 heteroatoms. The SMILES string of the molecule is Cc1ccccc1-c1nnc(S[C@H](C)C(=O)Nc2ccc(C#N)cc2)o1. The Hall–Kier alpha value is -3.11. The quantitative estimate of drug-likeness (QED) is 0.687. The first-order valence-corrected chi connectivity index (χ1v) is 8.82. The molecule has 0 aliphatic rings. The van der Waals surface area contributed by atoms with Crippen LogP contribution >= 0.6 is 11.8 Å². The average Bonchev–Trinajstić information content (AvgIpc) is 3.11. The molecule has 3 aromatic rings. The Morgan fingerprint density at radius 1 is 1.19 bits per heavy atom. The van der Waals surface area contributed by atoms with Crippen LogP contribution < -0.4 is 5.32 Å². The molecule has 2 aromatic carbocycles. The molecule has 0 bridgehead atoms. The minimum Gasteiger partial charge on any atom is -0.411 e. The third-order valence-corrected chi connectivity index (χ3v) is 4.64. The van der Waals surface area contributed by atoms with Crippen molar-refractivity contribution in [3.05, 3.63) is 59.7 Å². The molecule has 1 heterocycles. The van der Waals surface area contributed by atoms with Gasteiger partial charge in [-0.2, -0.15) is 5.26 Å². The van der Waals surface area contributed by atoms with Gasteiger partial charge in [0.05, 0.1) is 16.9 Å². The van der Waals surface area contributed by atoms with Crippen LogP contribution in [0.15, 0.2) is 58.2 Å². The lowest BCUT2D eigenvalue weighted by atomic mass is 10.1. The lowest BCUT2D eigenvalue weighted by Gasteiger charge is -2.09. The third-order valence-electron chi connectivity index (χ3n) is 3.71. The van der Waals surface area contributed by atoms with Gasteiger partial charge in [0.15, 0.2) is 0 Å². The number of anilines is 1. The normalized spacial score (nSPS) is 11.6. The second-order valence-corrected chi connectivity index (χ2v) is 6.92. The number of aryl methyl sites for hydroxylation is 1. The van der Waals surface area contributed by atoms with E-state index in [1.807, 2.05) is 37.3 Å². The van der Waals surface area contributed by atoms with Crippen LogP contribution in [0.3, 0.4) is 0 Å². The molecule has 0 saturated carbocycles. The first-order chi connectivity index (χ1) is 12.6. The highest BCUT2D eigenvalue weighted by Crippen LogP contribution is 2.28. The van der Waals surface area contributed by atoms with Crippen molar-refractivity contribution in [2.75, 3.05) is 5.32 Å². The Bertz CT molecular complexity index is 960. The molecule has 26 heavy (non-hydrogen) atoms. The zero-order chi connectivity index (χ0) is 18.5. The van der Waals surface area contributed by atoms with E-state index in [1.165, 1.54) is 11.8 Å². The first-order valence-electron chi connectivity index (χ1n) is 7.94. The minimum absolute atomic E-state index is 0.185. The Labute approximate surface area is 155 Å². The molecule has 130 valence electrons. The molecule has 0 aliphatic heterocycles. The van der Waals surface area contributed by atoms with Gasteiger partial charge in [0.2, 0.25) is 11.8 Å². The number of benzene rings is 2. The van der Waals surface area contributed by atoms with E-state index in [9.17, 15) is 4.79 Å². The number of thioether (sulfide) groups is 1. The number of nitriles is 1. The molecule has 0 saturated heterocycles. The summed E-state index contributed by atoms with van der Waals surface area (Å²) in [6.45, 7) is 3.74. The zero-order valence-electron chi connectivity index (χ0n) is 14.3. The monoisotopic (exact) mass is 364 g/mol. The van der Waals surface area contributed by atoms with Crippen LogP contribution in [0.2, 0.25) is 0 Å². The lowest BCUT2D eigenvalue weighted by molar-refractivity contribution is -0.115. The van der Waals surface area contributed by atoms with E-state index in [0.717, 1.165) is 11.1 Å². The van der Waals surface area contributed by atoms with Crippen molar-refractivity contribution in [2.45, 2.75) is 24.3 Å². The van der Waals surface area contributed by atoms with Gasteiger partial charge in [0.25, 0.3) is 5.22 Å². The maximum atomic E-state index is 12.3. The molecule has 1 atom stereocenters. The van der Waals surface area contributed by atoms with Crippen molar-refractivity contribution >= 4 is 23.4 Å². The number of hydrogen-bond donors (Lipinski definition) is 1. The number of hydrogen-bond acceptors (Lipinski definition) is 6. The second-order valence-electron chi connectivity index (χ2n) is 5.63. The summed E-state index contributed by atoms with van der Waals surface area (Å²) in [5, 5.41) is 19.6. The summed E-state index contributed by atoms with van der Waals surface area (Å²) in [7, 11) is 0. The molecular weight excluding hydrogens is 348 g/mol. The number of nitrogens with zero attached hydrogens (tertiary/aromatic N) is 3. The van der Waals surface area contributed by atoms with Gasteiger partial charge < -0.3 is 9.73 Å². The lowest BCUT2D eigenvalue weighted by Crippen LogP contribution is -2.22. The van der Waals surface area contributed by atoms with Crippen LogP contribution in [0.4, 0.5) is 5.69 Å². The summed E-state index contributed by atoms with van der Waals surface area (Å²) in [6.07, 6.45) is 0. The topological polar surface area (TPSA) is 91.8 Å².